The summed E-state index contributed by atoms with van der Waals surface area (Å²) < 4.78 is 35.4. The van der Waals surface area contributed by atoms with Crippen LogP contribution in [0.4, 0.5) is 5.69 Å². The molecule has 170 valence electrons. The molecule has 0 aromatic heterocycles. The Bertz CT molecular complexity index is 1020. The lowest BCUT2D eigenvalue weighted by molar-refractivity contribution is -0.123. The molecule has 0 heterocycles. The molecule has 0 saturated carbocycles. The average Bonchev–Trinajstić information content (AvgIpc) is 2.70. The predicted octanol–water partition coefficient (Wildman–Crippen LogP) is 3.78. The minimum Gasteiger partial charge on any atom is -0.496 e. The third kappa shape index (κ3) is 6.37. The van der Waals surface area contributed by atoms with Crippen LogP contribution in [0.2, 0.25) is 0 Å². The molecule has 2 aromatic carbocycles. The van der Waals surface area contributed by atoms with Crippen molar-refractivity contribution in [3.8, 4) is 11.5 Å². The second-order valence-electron chi connectivity index (χ2n) is 7.91. The van der Waals surface area contributed by atoms with Gasteiger partial charge in [-0.1, -0.05) is 13.8 Å². The van der Waals surface area contributed by atoms with Crippen molar-refractivity contribution in [3.63, 3.8) is 0 Å². The highest BCUT2D eigenvalue weighted by atomic mass is 32.2. The van der Waals surface area contributed by atoms with Crippen molar-refractivity contribution < 1.29 is 22.7 Å². The number of carbonyl (C=O) groups excluding carboxylic acids is 1. The molecule has 0 spiro atoms. The van der Waals surface area contributed by atoms with Gasteiger partial charge in [0.1, 0.15) is 11.5 Å². The molecule has 0 unspecified atom stereocenters. The van der Waals surface area contributed by atoms with Crippen LogP contribution in [0.5, 0.6) is 11.5 Å². The van der Waals surface area contributed by atoms with Crippen LogP contribution in [-0.2, 0) is 14.8 Å². The molecule has 2 rings (SSSR count). The van der Waals surface area contributed by atoms with Gasteiger partial charge in [-0.2, -0.15) is 0 Å². The molecule has 8 heteroatoms. The second-order valence-corrected chi connectivity index (χ2v) is 9.92. The fourth-order valence-corrected chi connectivity index (χ4v) is 3.77. The van der Waals surface area contributed by atoms with Crippen LogP contribution >= 0.6 is 0 Å². The summed E-state index contributed by atoms with van der Waals surface area (Å²) in [5.41, 5.74) is 3.69. The number of rotatable bonds is 9. The zero-order valence-electron chi connectivity index (χ0n) is 19.2. The SMILES string of the molecule is COc1cc(C)c([C@@H](C)NC(=O)COc2ccc(N(C)S(C)(=O)=O)cc2)cc1C(C)C. The highest BCUT2D eigenvalue weighted by molar-refractivity contribution is 7.92. The van der Waals surface area contributed by atoms with Crippen molar-refractivity contribution in [3.05, 3.63) is 53.1 Å². The molecular formula is C23H32N2O5S. The van der Waals surface area contributed by atoms with Gasteiger partial charge in [-0.15, -0.1) is 0 Å². The quantitative estimate of drug-likeness (QED) is 0.631. The van der Waals surface area contributed by atoms with Crippen LogP contribution in [0.1, 0.15) is 49.4 Å². The van der Waals surface area contributed by atoms with E-state index in [2.05, 4.69) is 25.2 Å². The lowest BCUT2D eigenvalue weighted by atomic mass is 9.93. The molecule has 7 nitrogen and oxygen atoms in total. The van der Waals surface area contributed by atoms with Gasteiger partial charge >= 0.3 is 0 Å². The third-order valence-electron chi connectivity index (χ3n) is 5.15. The Morgan fingerprint density at radius 2 is 1.71 bits per heavy atom. The number of aryl methyl sites for hydroxylation is 1. The van der Waals surface area contributed by atoms with Crippen LogP contribution in [0.3, 0.4) is 0 Å². The maximum absolute atomic E-state index is 12.4. The van der Waals surface area contributed by atoms with Gasteiger partial charge in [-0.05, 0) is 72.9 Å². The number of amides is 1. The lowest BCUT2D eigenvalue weighted by Crippen LogP contribution is -2.31. The Balaban J connectivity index is 2.01. The lowest BCUT2D eigenvalue weighted by Gasteiger charge is -2.21. The molecule has 0 aliphatic heterocycles. The molecule has 0 aliphatic rings. The zero-order valence-corrected chi connectivity index (χ0v) is 20.0. The summed E-state index contributed by atoms with van der Waals surface area (Å²) in [6.07, 6.45) is 1.14. The topological polar surface area (TPSA) is 84.9 Å². The van der Waals surface area contributed by atoms with E-state index in [1.165, 1.54) is 11.4 Å². The number of nitrogens with zero attached hydrogens (tertiary/aromatic N) is 1. The first-order valence-corrected chi connectivity index (χ1v) is 11.9. The molecule has 0 radical (unpaired) electrons. The van der Waals surface area contributed by atoms with E-state index in [0.29, 0.717) is 17.4 Å². The summed E-state index contributed by atoms with van der Waals surface area (Å²) in [6, 6.07) is 10.4. The van der Waals surface area contributed by atoms with Gasteiger partial charge in [0.2, 0.25) is 10.0 Å². The summed E-state index contributed by atoms with van der Waals surface area (Å²) in [5.74, 6) is 1.38. The number of carbonyl (C=O) groups is 1. The molecule has 1 amide bonds. The molecule has 0 saturated heterocycles. The first-order chi connectivity index (χ1) is 14.4. The zero-order chi connectivity index (χ0) is 23.3. The third-order valence-corrected chi connectivity index (χ3v) is 6.36. The van der Waals surface area contributed by atoms with Crippen molar-refractivity contribution in [1.82, 2.24) is 5.32 Å². The van der Waals surface area contributed by atoms with Crippen molar-refractivity contribution >= 4 is 21.6 Å². The fourth-order valence-electron chi connectivity index (χ4n) is 3.26. The Hall–Kier alpha value is -2.74. The van der Waals surface area contributed by atoms with Gasteiger partial charge in [0.15, 0.2) is 6.61 Å². The van der Waals surface area contributed by atoms with Crippen LogP contribution in [0.25, 0.3) is 0 Å². The molecule has 0 aliphatic carbocycles. The Labute approximate surface area is 185 Å². The Kier molecular flexibility index (Phi) is 7.95. The number of nitrogens with one attached hydrogen (secondary N) is 1. The van der Waals surface area contributed by atoms with Gasteiger partial charge in [0.25, 0.3) is 5.91 Å². The maximum atomic E-state index is 12.4. The van der Waals surface area contributed by atoms with E-state index < -0.39 is 10.0 Å². The smallest absolute Gasteiger partial charge is 0.258 e. The highest BCUT2D eigenvalue weighted by Crippen LogP contribution is 2.32. The van der Waals surface area contributed by atoms with E-state index in [1.807, 2.05) is 19.9 Å². The van der Waals surface area contributed by atoms with Crippen molar-refractivity contribution in [2.24, 2.45) is 0 Å². The molecule has 31 heavy (non-hydrogen) atoms. The monoisotopic (exact) mass is 448 g/mol. The van der Waals surface area contributed by atoms with E-state index in [4.69, 9.17) is 9.47 Å². The van der Waals surface area contributed by atoms with Gasteiger partial charge in [0.05, 0.1) is 25.1 Å². The normalized spacial score (nSPS) is 12.4. The number of ether oxygens (including phenoxy) is 2. The largest absolute Gasteiger partial charge is 0.496 e. The average molecular weight is 449 g/mol. The van der Waals surface area contributed by atoms with Gasteiger partial charge < -0.3 is 14.8 Å². The summed E-state index contributed by atoms with van der Waals surface area (Å²) in [5, 5.41) is 2.97. The molecule has 1 atom stereocenters. The van der Waals surface area contributed by atoms with E-state index in [1.54, 1.807) is 31.4 Å². The summed E-state index contributed by atoms with van der Waals surface area (Å²) in [6.45, 7) is 8.00. The summed E-state index contributed by atoms with van der Waals surface area (Å²) >= 11 is 0. The number of hydrogen-bond donors (Lipinski definition) is 1. The van der Waals surface area contributed by atoms with E-state index in [9.17, 15) is 13.2 Å². The summed E-state index contributed by atoms with van der Waals surface area (Å²) in [7, 11) is -0.191. The molecule has 1 N–H and O–H groups in total. The number of hydrogen-bond acceptors (Lipinski definition) is 5. The fraction of sp³-hybridized carbons (Fsp3) is 0.435. The van der Waals surface area contributed by atoms with E-state index >= 15 is 0 Å². The molecule has 0 fully saturated rings. The predicted molar refractivity (Wildman–Crippen MR) is 124 cm³/mol. The highest BCUT2D eigenvalue weighted by Gasteiger charge is 2.17. The standard InChI is InChI=1S/C23H32N2O5S/c1-15(2)20-13-21(16(3)12-22(20)29-6)17(4)24-23(26)14-30-19-10-8-18(9-11-19)25(5)31(7,27)28/h8-13,15,17H,14H2,1-7H3,(H,24,26)/t17-/m1/s1. The van der Waals surface area contributed by atoms with Gasteiger partial charge in [-0.3, -0.25) is 9.10 Å². The number of benzene rings is 2. The van der Waals surface area contributed by atoms with Gasteiger partial charge in [0, 0.05) is 7.05 Å². The number of sulfonamides is 1. The molecular weight excluding hydrogens is 416 g/mol. The van der Waals surface area contributed by atoms with E-state index in [0.717, 1.165) is 28.7 Å². The maximum Gasteiger partial charge on any atom is 0.258 e. The minimum atomic E-state index is -3.33. The first kappa shape index (κ1) is 24.5. The van der Waals surface area contributed by atoms with Crippen LogP contribution in [0.15, 0.2) is 36.4 Å². The van der Waals surface area contributed by atoms with Crippen LogP contribution < -0.4 is 19.1 Å². The molecule has 0 bridgehead atoms. The van der Waals surface area contributed by atoms with Crippen LogP contribution in [-0.4, -0.2) is 41.3 Å². The van der Waals surface area contributed by atoms with Gasteiger partial charge in [-0.25, -0.2) is 8.42 Å². The van der Waals surface area contributed by atoms with Crippen LogP contribution in [0, 0.1) is 6.92 Å². The molecule has 2 aromatic rings. The minimum absolute atomic E-state index is 0.141. The summed E-state index contributed by atoms with van der Waals surface area (Å²) in [4.78, 5) is 12.4. The van der Waals surface area contributed by atoms with E-state index in [-0.39, 0.29) is 18.6 Å². The Morgan fingerprint density at radius 1 is 1.10 bits per heavy atom. The first-order valence-electron chi connectivity index (χ1n) is 10.1. The van der Waals surface area contributed by atoms with Crippen molar-refractivity contribution in [2.75, 3.05) is 31.3 Å². The number of methoxy groups -OCH3 is 1. The Morgan fingerprint density at radius 3 is 2.23 bits per heavy atom. The van der Waals surface area contributed by atoms with Crippen molar-refractivity contribution in [1.29, 1.82) is 0 Å². The number of anilines is 1. The second kappa shape index (κ2) is 10.0. The van der Waals surface area contributed by atoms with Crippen molar-refractivity contribution in [2.45, 2.75) is 39.7 Å².